The second-order valence-corrected chi connectivity index (χ2v) is 4.03. The van der Waals surface area contributed by atoms with E-state index in [1.54, 1.807) is 16.8 Å². The molecule has 1 aromatic heterocycles. The molecule has 2 rings (SSSR count). The third-order valence-electron chi connectivity index (χ3n) is 2.86. The van der Waals surface area contributed by atoms with Crippen molar-refractivity contribution in [1.29, 1.82) is 0 Å². The van der Waals surface area contributed by atoms with Crippen LogP contribution >= 0.6 is 0 Å². The molecule has 1 aliphatic carbocycles. The number of nitrogens with two attached hydrogens (primary N) is 1. The minimum absolute atomic E-state index is 0.144. The summed E-state index contributed by atoms with van der Waals surface area (Å²) in [5.74, 6) is 1.28. The molecule has 2 N–H and O–H groups in total. The molecular formula is C11H16N2O2. The van der Waals surface area contributed by atoms with Crippen molar-refractivity contribution in [3.05, 3.63) is 22.6 Å². The van der Waals surface area contributed by atoms with Crippen molar-refractivity contribution in [1.82, 2.24) is 4.57 Å². The van der Waals surface area contributed by atoms with Gasteiger partial charge >= 0.3 is 0 Å². The fraction of sp³-hybridized carbons (Fsp3) is 0.545. The number of rotatable bonds is 4. The van der Waals surface area contributed by atoms with E-state index in [1.807, 2.05) is 0 Å². The van der Waals surface area contributed by atoms with Crippen LogP contribution < -0.4 is 16.0 Å². The summed E-state index contributed by atoms with van der Waals surface area (Å²) in [4.78, 5) is 11.7. The Balaban J connectivity index is 2.16. The minimum Gasteiger partial charge on any atom is -0.494 e. The molecule has 1 aromatic rings. The number of nitrogen functional groups attached to an aromatic ring is 1. The lowest BCUT2D eigenvalue weighted by atomic mass is 10.3. The first-order valence-electron chi connectivity index (χ1n) is 5.25. The third kappa shape index (κ3) is 2.14. The number of aryl methyl sites for hydroxylation is 1. The number of hydrogen-bond acceptors (Lipinski definition) is 3. The van der Waals surface area contributed by atoms with Crippen molar-refractivity contribution in [2.24, 2.45) is 5.92 Å². The van der Waals surface area contributed by atoms with Crippen LogP contribution in [0.5, 0.6) is 5.75 Å². The summed E-state index contributed by atoms with van der Waals surface area (Å²) in [5.41, 5.74) is 5.72. The van der Waals surface area contributed by atoms with E-state index in [1.165, 1.54) is 20.0 Å². The largest absolute Gasteiger partial charge is 0.494 e. The van der Waals surface area contributed by atoms with Gasteiger partial charge < -0.3 is 15.0 Å². The molecule has 1 aliphatic rings. The van der Waals surface area contributed by atoms with Gasteiger partial charge in [-0.1, -0.05) is 12.8 Å². The Hall–Kier alpha value is -1.45. The van der Waals surface area contributed by atoms with E-state index in [0.29, 0.717) is 5.75 Å². The smallest absolute Gasteiger partial charge is 0.277 e. The van der Waals surface area contributed by atoms with Crippen molar-refractivity contribution in [3.8, 4) is 5.75 Å². The van der Waals surface area contributed by atoms with Gasteiger partial charge in [0.2, 0.25) is 0 Å². The molecule has 0 radical (unpaired) electrons. The predicted octanol–water partition coefficient (Wildman–Crippen LogP) is 1.24. The van der Waals surface area contributed by atoms with E-state index in [-0.39, 0.29) is 11.2 Å². The van der Waals surface area contributed by atoms with E-state index in [4.69, 9.17) is 10.5 Å². The lowest BCUT2D eigenvalue weighted by Gasteiger charge is -2.08. The van der Waals surface area contributed by atoms with Crippen LogP contribution in [0.1, 0.15) is 19.3 Å². The Kier molecular flexibility index (Phi) is 2.66. The third-order valence-corrected chi connectivity index (χ3v) is 2.86. The van der Waals surface area contributed by atoms with Gasteiger partial charge in [-0.05, 0) is 18.4 Å². The maximum atomic E-state index is 11.7. The number of anilines is 1. The van der Waals surface area contributed by atoms with Crippen molar-refractivity contribution in [3.63, 3.8) is 0 Å². The quantitative estimate of drug-likeness (QED) is 0.809. The summed E-state index contributed by atoms with van der Waals surface area (Å²) in [6.45, 7) is 0.762. The van der Waals surface area contributed by atoms with Gasteiger partial charge in [-0.3, -0.25) is 4.79 Å². The van der Waals surface area contributed by atoms with Crippen LogP contribution in [0.4, 0.5) is 5.69 Å². The molecule has 0 spiro atoms. The van der Waals surface area contributed by atoms with E-state index in [2.05, 4.69) is 0 Å². The molecule has 4 nitrogen and oxygen atoms in total. The SMILES string of the molecule is COc1ccn(CCC2CC2)c(=O)c1N. The normalized spacial score (nSPS) is 15.3. The molecule has 0 atom stereocenters. The van der Waals surface area contributed by atoms with Gasteiger partial charge in [0, 0.05) is 12.7 Å². The molecule has 82 valence electrons. The predicted molar refractivity (Wildman–Crippen MR) is 59.0 cm³/mol. The van der Waals surface area contributed by atoms with E-state index in [9.17, 15) is 4.79 Å². The van der Waals surface area contributed by atoms with Gasteiger partial charge in [0.1, 0.15) is 11.4 Å². The lowest BCUT2D eigenvalue weighted by Crippen LogP contribution is -2.23. The standard InChI is InChI=1S/C11H16N2O2/c1-15-9-5-7-13(11(14)10(9)12)6-4-8-2-3-8/h5,7-8H,2-4,6,12H2,1H3. The summed E-state index contributed by atoms with van der Waals surface area (Å²) in [6.07, 6.45) is 5.44. The molecule has 0 unspecified atom stereocenters. The van der Waals surface area contributed by atoms with E-state index < -0.39 is 0 Å². The zero-order valence-electron chi connectivity index (χ0n) is 8.90. The van der Waals surface area contributed by atoms with Crippen LogP contribution in [0.2, 0.25) is 0 Å². The van der Waals surface area contributed by atoms with Crippen molar-refractivity contribution < 1.29 is 4.74 Å². The van der Waals surface area contributed by atoms with Gasteiger partial charge in [0.05, 0.1) is 7.11 Å². The summed E-state index contributed by atoms with van der Waals surface area (Å²) < 4.78 is 6.64. The fourth-order valence-electron chi connectivity index (χ4n) is 1.66. The summed E-state index contributed by atoms with van der Waals surface area (Å²) in [6, 6.07) is 1.74. The highest BCUT2D eigenvalue weighted by molar-refractivity contribution is 5.49. The second-order valence-electron chi connectivity index (χ2n) is 4.03. The Morgan fingerprint density at radius 3 is 2.93 bits per heavy atom. The molecule has 0 aromatic carbocycles. The van der Waals surface area contributed by atoms with Gasteiger partial charge in [-0.25, -0.2) is 0 Å². The average Bonchev–Trinajstić information content (AvgIpc) is 3.04. The monoisotopic (exact) mass is 208 g/mol. The molecule has 0 saturated heterocycles. The maximum Gasteiger partial charge on any atom is 0.277 e. The highest BCUT2D eigenvalue weighted by Gasteiger charge is 2.21. The van der Waals surface area contributed by atoms with Gasteiger partial charge in [-0.15, -0.1) is 0 Å². The van der Waals surface area contributed by atoms with Crippen LogP contribution in [0.25, 0.3) is 0 Å². The summed E-state index contributed by atoms with van der Waals surface area (Å²) >= 11 is 0. The molecule has 15 heavy (non-hydrogen) atoms. The number of ether oxygens (including phenoxy) is 1. The van der Waals surface area contributed by atoms with Crippen LogP contribution in [-0.4, -0.2) is 11.7 Å². The number of methoxy groups -OCH3 is 1. The van der Waals surface area contributed by atoms with Gasteiger partial charge in [0.15, 0.2) is 0 Å². The highest BCUT2D eigenvalue weighted by atomic mass is 16.5. The molecule has 0 bridgehead atoms. The summed E-state index contributed by atoms with van der Waals surface area (Å²) in [5, 5.41) is 0. The molecule has 1 heterocycles. The molecule has 1 saturated carbocycles. The van der Waals surface area contributed by atoms with Gasteiger partial charge in [-0.2, -0.15) is 0 Å². The number of nitrogens with zero attached hydrogens (tertiary/aromatic N) is 1. The van der Waals surface area contributed by atoms with Crippen LogP contribution in [-0.2, 0) is 6.54 Å². The lowest BCUT2D eigenvalue weighted by molar-refractivity contribution is 0.414. The molecular weight excluding hydrogens is 192 g/mol. The van der Waals surface area contributed by atoms with Crippen LogP contribution in [0.15, 0.2) is 17.1 Å². The average molecular weight is 208 g/mol. The van der Waals surface area contributed by atoms with Crippen molar-refractivity contribution in [2.45, 2.75) is 25.8 Å². The molecule has 0 amide bonds. The van der Waals surface area contributed by atoms with Gasteiger partial charge in [0.25, 0.3) is 5.56 Å². The molecule has 4 heteroatoms. The van der Waals surface area contributed by atoms with E-state index >= 15 is 0 Å². The Morgan fingerprint density at radius 2 is 2.33 bits per heavy atom. The second kappa shape index (κ2) is 3.96. The zero-order chi connectivity index (χ0) is 10.8. The number of pyridine rings is 1. The number of aromatic nitrogens is 1. The Morgan fingerprint density at radius 1 is 1.60 bits per heavy atom. The Bertz CT molecular complexity index is 408. The fourth-order valence-corrected chi connectivity index (χ4v) is 1.66. The maximum absolute atomic E-state index is 11.7. The molecule has 1 fully saturated rings. The first-order chi connectivity index (χ1) is 7.22. The van der Waals surface area contributed by atoms with Crippen molar-refractivity contribution in [2.75, 3.05) is 12.8 Å². The zero-order valence-corrected chi connectivity index (χ0v) is 8.90. The topological polar surface area (TPSA) is 57.2 Å². The first-order valence-corrected chi connectivity index (χ1v) is 5.25. The summed E-state index contributed by atoms with van der Waals surface area (Å²) in [7, 11) is 1.51. The number of hydrogen-bond donors (Lipinski definition) is 1. The van der Waals surface area contributed by atoms with Crippen molar-refractivity contribution >= 4 is 5.69 Å². The minimum atomic E-state index is -0.144. The van der Waals surface area contributed by atoms with Crippen LogP contribution in [0.3, 0.4) is 0 Å². The first kappa shape index (κ1) is 10.1. The van der Waals surface area contributed by atoms with Crippen LogP contribution in [0, 0.1) is 5.92 Å². The van der Waals surface area contributed by atoms with E-state index in [0.717, 1.165) is 18.9 Å². The highest BCUT2D eigenvalue weighted by Crippen LogP contribution is 2.32. The molecule has 0 aliphatic heterocycles. The Labute approximate surface area is 88.7 Å².